The van der Waals surface area contributed by atoms with E-state index in [1.807, 2.05) is 24.3 Å². The topological polar surface area (TPSA) is 69.3 Å². The normalized spacial score (nSPS) is 14.7. The number of nitrogens with one attached hydrogen (secondary N) is 1. The minimum Gasteiger partial charge on any atom is -0.360 e. The maximum Gasteiger partial charge on any atom is 0.272 e. The van der Waals surface area contributed by atoms with Gasteiger partial charge in [-0.3, -0.25) is 14.6 Å². The lowest BCUT2D eigenvalue weighted by molar-refractivity contribution is 0.0533. The van der Waals surface area contributed by atoms with Crippen molar-refractivity contribution in [1.82, 2.24) is 19.8 Å². The number of para-hydroxylation sites is 1. The van der Waals surface area contributed by atoms with Gasteiger partial charge in [0.25, 0.3) is 11.8 Å². The first-order valence-corrected chi connectivity index (χ1v) is 8.30. The number of hydrogen-bond acceptors (Lipinski definition) is 3. The maximum atomic E-state index is 12.8. The average molecular weight is 334 g/mol. The first-order chi connectivity index (χ1) is 12.2. The van der Waals surface area contributed by atoms with Crippen molar-refractivity contribution in [3.05, 3.63) is 66.1 Å². The van der Waals surface area contributed by atoms with Crippen LogP contribution in [0.15, 0.2) is 54.9 Å². The zero-order chi connectivity index (χ0) is 17.2. The molecule has 1 fully saturated rings. The highest BCUT2D eigenvalue weighted by atomic mass is 16.2. The van der Waals surface area contributed by atoms with Gasteiger partial charge < -0.3 is 14.8 Å². The molecule has 4 rings (SSSR count). The van der Waals surface area contributed by atoms with E-state index in [0.717, 1.165) is 10.9 Å². The molecule has 1 aliphatic rings. The number of pyridine rings is 1. The second-order valence-corrected chi connectivity index (χ2v) is 6.05. The van der Waals surface area contributed by atoms with Crippen LogP contribution in [0, 0.1) is 0 Å². The van der Waals surface area contributed by atoms with Crippen LogP contribution in [0.2, 0.25) is 0 Å². The lowest BCUT2D eigenvalue weighted by atomic mass is 10.1. The number of piperazine rings is 1. The van der Waals surface area contributed by atoms with E-state index in [0.29, 0.717) is 37.4 Å². The molecule has 3 heterocycles. The van der Waals surface area contributed by atoms with Crippen LogP contribution >= 0.6 is 0 Å². The summed E-state index contributed by atoms with van der Waals surface area (Å²) >= 11 is 0. The zero-order valence-corrected chi connectivity index (χ0v) is 13.7. The molecule has 126 valence electrons. The number of hydrogen-bond donors (Lipinski definition) is 1. The highest BCUT2D eigenvalue weighted by Crippen LogP contribution is 2.20. The Hall–Kier alpha value is -3.15. The van der Waals surface area contributed by atoms with Crippen LogP contribution in [0.5, 0.6) is 0 Å². The first-order valence-electron chi connectivity index (χ1n) is 8.30. The third-order valence-electron chi connectivity index (χ3n) is 4.56. The quantitative estimate of drug-likeness (QED) is 0.781. The SMILES string of the molecule is O=C(c1ccccn1)N1CCN(C(=O)c2c[nH]c3ccccc23)CC1. The molecule has 1 aliphatic heterocycles. The van der Waals surface area contributed by atoms with Crippen LogP contribution in [0.25, 0.3) is 10.9 Å². The number of aromatic amines is 1. The fraction of sp³-hybridized carbons (Fsp3) is 0.211. The first kappa shape index (κ1) is 15.4. The number of benzene rings is 1. The molecule has 0 unspecified atom stereocenters. The van der Waals surface area contributed by atoms with E-state index >= 15 is 0 Å². The number of fused-ring (bicyclic) bond motifs is 1. The molecule has 1 aromatic carbocycles. The van der Waals surface area contributed by atoms with Crippen molar-refractivity contribution < 1.29 is 9.59 Å². The predicted molar refractivity (Wildman–Crippen MR) is 94.3 cm³/mol. The van der Waals surface area contributed by atoms with Gasteiger partial charge in [0.1, 0.15) is 5.69 Å². The molecule has 0 aliphatic carbocycles. The zero-order valence-electron chi connectivity index (χ0n) is 13.7. The number of carbonyl (C=O) groups is 2. The molecule has 3 aromatic rings. The van der Waals surface area contributed by atoms with Crippen molar-refractivity contribution >= 4 is 22.7 Å². The fourth-order valence-corrected chi connectivity index (χ4v) is 3.18. The van der Waals surface area contributed by atoms with Gasteiger partial charge in [-0.2, -0.15) is 0 Å². The number of nitrogens with zero attached hydrogens (tertiary/aromatic N) is 3. The summed E-state index contributed by atoms with van der Waals surface area (Å²) in [7, 11) is 0. The Balaban J connectivity index is 1.45. The molecule has 6 nitrogen and oxygen atoms in total. The second-order valence-electron chi connectivity index (χ2n) is 6.05. The molecule has 0 bridgehead atoms. The van der Waals surface area contributed by atoms with E-state index in [4.69, 9.17) is 0 Å². The summed E-state index contributed by atoms with van der Waals surface area (Å²) in [6.07, 6.45) is 3.38. The Morgan fingerprint density at radius 2 is 1.56 bits per heavy atom. The van der Waals surface area contributed by atoms with Crippen molar-refractivity contribution in [2.75, 3.05) is 26.2 Å². The maximum absolute atomic E-state index is 12.8. The smallest absolute Gasteiger partial charge is 0.272 e. The Morgan fingerprint density at radius 3 is 2.28 bits per heavy atom. The summed E-state index contributed by atoms with van der Waals surface area (Å²) in [5.41, 5.74) is 2.08. The predicted octanol–water partition coefficient (Wildman–Crippen LogP) is 2.16. The third-order valence-corrected chi connectivity index (χ3v) is 4.56. The van der Waals surface area contributed by atoms with Crippen LogP contribution in [0.1, 0.15) is 20.8 Å². The van der Waals surface area contributed by atoms with Gasteiger partial charge in [-0.1, -0.05) is 24.3 Å². The van der Waals surface area contributed by atoms with E-state index in [-0.39, 0.29) is 11.8 Å². The lowest BCUT2D eigenvalue weighted by Gasteiger charge is -2.34. The highest BCUT2D eigenvalue weighted by molar-refractivity contribution is 6.06. The van der Waals surface area contributed by atoms with Crippen LogP contribution < -0.4 is 0 Å². The van der Waals surface area contributed by atoms with Gasteiger partial charge >= 0.3 is 0 Å². The molecule has 2 aromatic heterocycles. The Bertz CT molecular complexity index is 911. The number of H-pyrrole nitrogens is 1. The standard InChI is InChI=1S/C19H18N4O2/c24-18(15-13-21-16-6-2-1-5-14(15)16)22-9-11-23(12-10-22)19(25)17-7-3-4-8-20-17/h1-8,13,21H,9-12H2. The highest BCUT2D eigenvalue weighted by Gasteiger charge is 2.27. The molecule has 25 heavy (non-hydrogen) atoms. The van der Waals surface area contributed by atoms with Crippen LogP contribution in [-0.4, -0.2) is 57.8 Å². The van der Waals surface area contributed by atoms with Gasteiger partial charge in [-0.25, -0.2) is 0 Å². The van der Waals surface area contributed by atoms with Crippen molar-refractivity contribution in [1.29, 1.82) is 0 Å². The van der Waals surface area contributed by atoms with Crippen molar-refractivity contribution in [2.45, 2.75) is 0 Å². The molecule has 1 saturated heterocycles. The number of carbonyl (C=O) groups excluding carboxylic acids is 2. The Labute approximate surface area is 145 Å². The summed E-state index contributed by atoms with van der Waals surface area (Å²) in [5.74, 6) is -0.0813. The van der Waals surface area contributed by atoms with Gasteiger partial charge in [0.15, 0.2) is 0 Å². The molecule has 0 atom stereocenters. The van der Waals surface area contributed by atoms with Crippen molar-refractivity contribution in [2.24, 2.45) is 0 Å². The number of amides is 2. The van der Waals surface area contributed by atoms with Crippen molar-refractivity contribution in [3.8, 4) is 0 Å². The van der Waals surface area contributed by atoms with E-state index < -0.39 is 0 Å². The number of rotatable bonds is 2. The second kappa shape index (κ2) is 6.39. The van der Waals surface area contributed by atoms with Gasteiger partial charge in [0, 0.05) is 49.5 Å². The van der Waals surface area contributed by atoms with E-state index in [9.17, 15) is 9.59 Å². The van der Waals surface area contributed by atoms with Gasteiger partial charge in [0.05, 0.1) is 5.56 Å². The largest absolute Gasteiger partial charge is 0.360 e. The summed E-state index contributed by atoms with van der Waals surface area (Å²) in [5, 5.41) is 0.930. The Morgan fingerprint density at radius 1 is 0.880 bits per heavy atom. The van der Waals surface area contributed by atoms with Crippen molar-refractivity contribution in [3.63, 3.8) is 0 Å². The Kier molecular flexibility index (Phi) is 3.93. The molecule has 1 N–H and O–H groups in total. The molecular formula is C19H18N4O2. The average Bonchev–Trinajstić information content (AvgIpc) is 3.12. The summed E-state index contributed by atoms with van der Waals surface area (Å²) in [6, 6.07) is 13.1. The van der Waals surface area contributed by atoms with Gasteiger partial charge in [-0.15, -0.1) is 0 Å². The monoisotopic (exact) mass is 334 g/mol. The minimum absolute atomic E-state index is 0.00221. The molecule has 0 radical (unpaired) electrons. The van der Waals surface area contributed by atoms with Gasteiger partial charge in [-0.05, 0) is 18.2 Å². The third kappa shape index (κ3) is 2.87. The summed E-state index contributed by atoms with van der Waals surface area (Å²) in [4.78, 5) is 36.0. The van der Waals surface area contributed by atoms with Crippen LogP contribution in [0.4, 0.5) is 0 Å². The molecule has 6 heteroatoms. The summed E-state index contributed by atoms with van der Waals surface area (Å²) < 4.78 is 0. The lowest BCUT2D eigenvalue weighted by Crippen LogP contribution is -2.50. The summed E-state index contributed by atoms with van der Waals surface area (Å²) in [6.45, 7) is 2.08. The molecule has 0 saturated carbocycles. The number of aromatic nitrogens is 2. The van der Waals surface area contributed by atoms with E-state index in [2.05, 4.69) is 9.97 Å². The minimum atomic E-state index is -0.0835. The molecule has 0 spiro atoms. The van der Waals surface area contributed by atoms with Gasteiger partial charge in [0.2, 0.25) is 0 Å². The van der Waals surface area contributed by atoms with E-state index in [1.54, 1.807) is 40.4 Å². The van der Waals surface area contributed by atoms with Crippen LogP contribution in [-0.2, 0) is 0 Å². The molecular weight excluding hydrogens is 316 g/mol. The fourth-order valence-electron chi connectivity index (χ4n) is 3.18. The van der Waals surface area contributed by atoms with E-state index in [1.165, 1.54) is 0 Å². The molecule has 2 amide bonds. The van der Waals surface area contributed by atoms with Crippen LogP contribution in [0.3, 0.4) is 0 Å².